The molecule has 0 aromatic carbocycles. The van der Waals surface area contributed by atoms with E-state index in [2.05, 4.69) is 27.0 Å². The zero-order valence-corrected chi connectivity index (χ0v) is 8.53. The van der Waals surface area contributed by atoms with Crippen molar-refractivity contribution in [3.8, 4) is 0 Å². The predicted molar refractivity (Wildman–Crippen MR) is 53.1 cm³/mol. The first-order chi connectivity index (χ1) is 6.86. The average Bonchev–Trinajstić information content (AvgIpc) is 2.61. The van der Waals surface area contributed by atoms with Crippen molar-refractivity contribution in [2.24, 2.45) is 5.92 Å². The van der Waals surface area contributed by atoms with Crippen molar-refractivity contribution < 1.29 is 0 Å². The summed E-state index contributed by atoms with van der Waals surface area (Å²) in [5.41, 5.74) is 0. The first-order valence-electron chi connectivity index (χ1n) is 5.47. The van der Waals surface area contributed by atoms with Crippen LogP contribution in [0, 0.1) is 12.8 Å². The van der Waals surface area contributed by atoms with Crippen molar-refractivity contribution in [3.63, 3.8) is 0 Å². The number of nitrogens with zero attached hydrogens (tertiary/aromatic N) is 3. The molecule has 1 fully saturated rings. The quantitative estimate of drug-likeness (QED) is 0.657. The highest BCUT2D eigenvalue weighted by molar-refractivity contribution is 5.04. The second-order valence-corrected chi connectivity index (χ2v) is 4.39. The Labute approximate surface area is 83.7 Å². The fourth-order valence-electron chi connectivity index (χ4n) is 2.87. The van der Waals surface area contributed by atoms with Gasteiger partial charge in [-0.2, -0.15) is 0 Å². The number of nitrogens with one attached hydrogen (secondary N) is 1. The second-order valence-electron chi connectivity index (χ2n) is 4.39. The molecule has 3 rings (SSSR count). The Morgan fingerprint density at radius 1 is 1.36 bits per heavy atom. The molecule has 0 amide bonds. The van der Waals surface area contributed by atoms with Gasteiger partial charge in [0.1, 0.15) is 11.6 Å². The largest absolute Gasteiger partial charge is 0.316 e. The van der Waals surface area contributed by atoms with Gasteiger partial charge in [-0.3, -0.25) is 0 Å². The predicted octanol–water partition coefficient (Wildman–Crippen LogP) is 0.683. The van der Waals surface area contributed by atoms with E-state index in [1.807, 2.05) is 0 Å². The molecule has 1 aromatic heterocycles. The molecule has 2 aliphatic rings. The molecule has 0 bridgehead atoms. The van der Waals surface area contributed by atoms with Crippen LogP contribution < -0.4 is 5.32 Å². The van der Waals surface area contributed by atoms with E-state index in [1.54, 1.807) is 0 Å². The first-order valence-corrected chi connectivity index (χ1v) is 5.47. The van der Waals surface area contributed by atoms with Crippen LogP contribution in [0.3, 0.4) is 0 Å². The minimum Gasteiger partial charge on any atom is -0.316 e. The van der Waals surface area contributed by atoms with Crippen LogP contribution in [-0.2, 0) is 6.42 Å². The number of aryl methyl sites for hydroxylation is 2. The van der Waals surface area contributed by atoms with Gasteiger partial charge in [-0.1, -0.05) is 0 Å². The molecule has 0 spiro atoms. The lowest BCUT2D eigenvalue weighted by Crippen LogP contribution is -2.41. The van der Waals surface area contributed by atoms with E-state index >= 15 is 0 Å². The van der Waals surface area contributed by atoms with Crippen LogP contribution in [0.5, 0.6) is 0 Å². The molecular weight excluding hydrogens is 176 g/mol. The van der Waals surface area contributed by atoms with Crippen molar-refractivity contribution >= 4 is 0 Å². The van der Waals surface area contributed by atoms with Gasteiger partial charge < -0.3 is 9.88 Å². The lowest BCUT2D eigenvalue weighted by atomic mass is 9.86. The Morgan fingerprint density at radius 3 is 3.21 bits per heavy atom. The minimum absolute atomic E-state index is 0.662. The summed E-state index contributed by atoms with van der Waals surface area (Å²) >= 11 is 0. The summed E-state index contributed by atoms with van der Waals surface area (Å²) in [6.45, 7) is 4.38. The molecule has 0 aliphatic carbocycles. The summed E-state index contributed by atoms with van der Waals surface area (Å²) in [4.78, 5) is 0. The molecule has 0 saturated carbocycles. The molecule has 4 nitrogen and oxygen atoms in total. The summed E-state index contributed by atoms with van der Waals surface area (Å²) in [6.07, 6.45) is 3.61. The van der Waals surface area contributed by atoms with Gasteiger partial charge in [0.2, 0.25) is 0 Å². The van der Waals surface area contributed by atoms with E-state index in [0.29, 0.717) is 6.04 Å². The maximum absolute atomic E-state index is 4.24. The van der Waals surface area contributed by atoms with Gasteiger partial charge in [-0.05, 0) is 38.8 Å². The van der Waals surface area contributed by atoms with Crippen molar-refractivity contribution in [2.75, 3.05) is 13.1 Å². The number of piperidine rings is 1. The highest BCUT2D eigenvalue weighted by atomic mass is 15.3. The van der Waals surface area contributed by atoms with E-state index < -0.39 is 0 Å². The van der Waals surface area contributed by atoms with Crippen LogP contribution in [0.15, 0.2) is 0 Å². The second kappa shape index (κ2) is 3.05. The first kappa shape index (κ1) is 8.41. The number of aromatic nitrogens is 3. The third-order valence-corrected chi connectivity index (χ3v) is 3.57. The molecule has 14 heavy (non-hydrogen) atoms. The van der Waals surface area contributed by atoms with Gasteiger partial charge in [0.25, 0.3) is 0 Å². The van der Waals surface area contributed by atoms with E-state index in [-0.39, 0.29) is 0 Å². The standard InChI is InChI=1S/C10H16N4/c1-7-12-13-10-3-2-8-6-11-5-4-9(8)14(7)10/h8-9,11H,2-6H2,1H3. The van der Waals surface area contributed by atoms with Gasteiger partial charge in [-0.15, -0.1) is 10.2 Å². The van der Waals surface area contributed by atoms with Crippen LogP contribution in [0.25, 0.3) is 0 Å². The topological polar surface area (TPSA) is 42.7 Å². The van der Waals surface area contributed by atoms with Crippen LogP contribution >= 0.6 is 0 Å². The number of hydrogen-bond donors (Lipinski definition) is 1. The molecule has 2 aliphatic heterocycles. The highest BCUT2D eigenvalue weighted by Crippen LogP contribution is 2.34. The van der Waals surface area contributed by atoms with Crippen molar-refractivity contribution in [2.45, 2.75) is 32.2 Å². The number of fused-ring (bicyclic) bond motifs is 3. The van der Waals surface area contributed by atoms with E-state index in [4.69, 9.17) is 0 Å². The Morgan fingerprint density at radius 2 is 2.29 bits per heavy atom. The summed E-state index contributed by atoms with van der Waals surface area (Å²) in [6, 6.07) is 0.662. The number of rotatable bonds is 0. The van der Waals surface area contributed by atoms with E-state index in [9.17, 15) is 0 Å². The molecular formula is C10H16N4. The maximum Gasteiger partial charge on any atom is 0.133 e. The summed E-state index contributed by atoms with van der Waals surface area (Å²) in [5.74, 6) is 3.09. The minimum atomic E-state index is 0.662. The SMILES string of the molecule is Cc1nnc2n1C1CCNCC1CC2. The smallest absolute Gasteiger partial charge is 0.133 e. The van der Waals surface area contributed by atoms with Crippen LogP contribution in [0.2, 0.25) is 0 Å². The van der Waals surface area contributed by atoms with Crippen molar-refractivity contribution in [3.05, 3.63) is 11.6 Å². The fraction of sp³-hybridized carbons (Fsp3) is 0.800. The molecule has 2 atom stereocenters. The monoisotopic (exact) mass is 192 g/mol. The molecule has 76 valence electrons. The molecule has 3 heterocycles. The van der Waals surface area contributed by atoms with Crippen molar-refractivity contribution in [1.29, 1.82) is 0 Å². The molecule has 1 aromatic rings. The van der Waals surface area contributed by atoms with Gasteiger partial charge in [-0.25, -0.2) is 0 Å². The molecule has 1 saturated heterocycles. The zero-order valence-electron chi connectivity index (χ0n) is 8.53. The Hall–Kier alpha value is -0.900. The third kappa shape index (κ3) is 1.10. The average molecular weight is 192 g/mol. The van der Waals surface area contributed by atoms with Gasteiger partial charge in [0, 0.05) is 12.5 Å². The lowest BCUT2D eigenvalue weighted by molar-refractivity contribution is 0.210. The van der Waals surface area contributed by atoms with Crippen LogP contribution in [0.4, 0.5) is 0 Å². The van der Waals surface area contributed by atoms with E-state index in [1.165, 1.54) is 25.2 Å². The summed E-state index contributed by atoms with van der Waals surface area (Å²) in [5, 5.41) is 11.9. The maximum atomic E-state index is 4.24. The van der Waals surface area contributed by atoms with Crippen LogP contribution in [0.1, 0.15) is 30.5 Å². The van der Waals surface area contributed by atoms with Crippen molar-refractivity contribution in [1.82, 2.24) is 20.1 Å². The molecule has 0 radical (unpaired) electrons. The van der Waals surface area contributed by atoms with Gasteiger partial charge >= 0.3 is 0 Å². The lowest BCUT2D eigenvalue weighted by Gasteiger charge is -2.37. The number of hydrogen-bond acceptors (Lipinski definition) is 3. The van der Waals surface area contributed by atoms with E-state index in [0.717, 1.165) is 24.7 Å². The summed E-state index contributed by atoms with van der Waals surface area (Å²) in [7, 11) is 0. The Balaban J connectivity index is 2.02. The molecule has 1 N–H and O–H groups in total. The Bertz CT molecular complexity index is 344. The molecule has 2 unspecified atom stereocenters. The van der Waals surface area contributed by atoms with Gasteiger partial charge in [0.15, 0.2) is 0 Å². The third-order valence-electron chi connectivity index (χ3n) is 3.57. The molecule has 4 heteroatoms. The fourth-order valence-corrected chi connectivity index (χ4v) is 2.87. The normalized spacial score (nSPS) is 30.9. The van der Waals surface area contributed by atoms with Crippen LogP contribution in [-0.4, -0.2) is 27.9 Å². The van der Waals surface area contributed by atoms with Gasteiger partial charge in [0.05, 0.1) is 0 Å². The highest BCUT2D eigenvalue weighted by Gasteiger charge is 2.33. The Kier molecular flexibility index (Phi) is 1.83. The zero-order chi connectivity index (χ0) is 9.54. The summed E-state index contributed by atoms with van der Waals surface area (Å²) < 4.78 is 2.37.